The van der Waals surface area contributed by atoms with E-state index in [1.54, 1.807) is 24.3 Å². The van der Waals surface area contributed by atoms with Crippen molar-refractivity contribution >= 4 is 29.7 Å². The summed E-state index contributed by atoms with van der Waals surface area (Å²) in [5, 5.41) is 33.9. The Morgan fingerprint density at radius 2 is 1.50 bits per heavy atom. The molecular formula is C20H28N4O8. The first kappa shape index (κ1) is 26.5. The average Bonchev–Trinajstić information content (AvgIpc) is 2.74. The van der Waals surface area contributed by atoms with Crippen molar-refractivity contribution < 1.29 is 39.3 Å². The number of carbonyl (C=O) groups is 5. The summed E-state index contributed by atoms with van der Waals surface area (Å²) in [6.45, 7) is 0.499. The Hall–Kier alpha value is -3.51. The Morgan fingerprint density at radius 3 is 2.03 bits per heavy atom. The molecule has 0 saturated heterocycles. The van der Waals surface area contributed by atoms with Crippen molar-refractivity contribution in [3.8, 4) is 0 Å². The lowest BCUT2D eigenvalue weighted by Gasteiger charge is -2.22. The number of aliphatic carboxylic acids is 2. The number of nitrogens with two attached hydrogens (primary N) is 1. The number of nitrogens with one attached hydrogen (secondary N) is 3. The normalized spacial score (nSPS) is 14.3. The molecule has 1 rings (SSSR count). The van der Waals surface area contributed by atoms with Crippen LogP contribution in [0, 0.1) is 0 Å². The van der Waals surface area contributed by atoms with Crippen LogP contribution in [0.4, 0.5) is 0 Å². The molecule has 0 aliphatic heterocycles. The summed E-state index contributed by atoms with van der Waals surface area (Å²) in [4.78, 5) is 58.6. The van der Waals surface area contributed by atoms with Crippen LogP contribution in [0.1, 0.15) is 25.3 Å². The first-order valence-electron chi connectivity index (χ1n) is 9.81. The second-order valence-corrected chi connectivity index (χ2v) is 7.10. The average molecular weight is 452 g/mol. The first-order chi connectivity index (χ1) is 15.0. The zero-order valence-corrected chi connectivity index (χ0v) is 17.5. The van der Waals surface area contributed by atoms with Crippen molar-refractivity contribution in [3.63, 3.8) is 0 Å². The van der Waals surface area contributed by atoms with E-state index >= 15 is 0 Å². The largest absolute Gasteiger partial charge is 0.481 e. The van der Waals surface area contributed by atoms with Gasteiger partial charge in [-0.15, -0.1) is 0 Å². The minimum absolute atomic E-state index is 0.246. The Bertz CT molecular complexity index is 817. The van der Waals surface area contributed by atoms with E-state index < -0.39 is 66.9 Å². The molecule has 0 heterocycles. The number of carboxylic acids is 2. The molecule has 1 aromatic rings. The molecule has 0 aliphatic carbocycles. The summed E-state index contributed by atoms with van der Waals surface area (Å²) in [6, 6.07) is 3.97. The molecule has 4 unspecified atom stereocenters. The zero-order chi connectivity index (χ0) is 24.3. The number of rotatable bonds is 13. The van der Waals surface area contributed by atoms with Gasteiger partial charge >= 0.3 is 11.9 Å². The van der Waals surface area contributed by atoms with Crippen LogP contribution in [0.2, 0.25) is 0 Å². The maximum absolute atomic E-state index is 12.3. The summed E-state index contributed by atoms with van der Waals surface area (Å²) < 4.78 is 0. The van der Waals surface area contributed by atoms with Gasteiger partial charge in [-0.1, -0.05) is 30.3 Å². The monoisotopic (exact) mass is 452 g/mol. The maximum atomic E-state index is 12.3. The highest BCUT2D eigenvalue weighted by Crippen LogP contribution is 2.03. The summed E-state index contributed by atoms with van der Waals surface area (Å²) in [6.07, 6.45) is -0.635. The van der Waals surface area contributed by atoms with Crippen LogP contribution >= 0.6 is 0 Å². The molecule has 4 atom stereocenters. The van der Waals surface area contributed by atoms with E-state index in [2.05, 4.69) is 16.0 Å². The summed E-state index contributed by atoms with van der Waals surface area (Å²) in [5.41, 5.74) is 6.69. The van der Waals surface area contributed by atoms with E-state index in [1.165, 1.54) is 6.92 Å². The molecule has 0 aromatic heterocycles. The predicted molar refractivity (Wildman–Crippen MR) is 111 cm³/mol. The molecule has 32 heavy (non-hydrogen) atoms. The number of aliphatic hydroxyl groups is 1. The van der Waals surface area contributed by atoms with Gasteiger partial charge in [0.25, 0.3) is 0 Å². The highest BCUT2D eigenvalue weighted by atomic mass is 16.4. The lowest BCUT2D eigenvalue weighted by Crippen LogP contribution is -2.57. The van der Waals surface area contributed by atoms with Gasteiger partial charge in [0.15, 0.2) is 0 Å². The molecule has 3 amide bonds. The molecule has 8 N–H and O–H groups in total. The highest BCUT2D eigenvalue weighted by Gasteiger charge is 2.28. The fourth-order valence-electron chi connectivity index (χ4n) is 2.64. The number of aliphatic hydroxyl groups excluding tert-OH is 1. The van der Waals surface area contributed by atoms with Crippen molar-refractivity contribution in [1.29, 1.82) is 0 Å². The summed E-state index contributed by atoms with van der Waals surface area (Å²) in [5.74, 6) is -5.13. The Labute approximate surface area is 184 Å². The van der Waals surface area contributed by atoms with E-state index in [1.807, 2.05) is 6.07 Å². The quantitative estimate of drug-likeness (QED) is 0.176. The molecule has 0 bridgehead atoms. The highest BCUT2D eigenvalue weighted by molar-refractivity contribution is 5.94. The topological polar surface area (TPSA) is 208 Å². The number of carboxylic acid groups (broad SMARTS) is 2. The Balaban J connectivity index is 2.62. The van der Waals surface area contributed by atoms with Crippen molar-refractivity contribution in [2.24, 2.45) is 5.73 Å². The molecule has 1 aromatic carbocycles. The number of benzene rings is 1. The number of hydrogen-bond donors (Lipinski definition) is 7. The minimum Gasteiger partial charge on any atom is -0.481 e. The molecule has 176 valence electrons. The lowest BCUT2D eigenvalue weighted by atomic mass is 10.1. The smallest absolute Gasteiger partial charge is 0.326 e. The van der Waals surface area contributed by atoms with Crippen LogP contribution in [0.15, 0.2) is 30.3 Å². The third kappa shape index (κ3) is 9.10. The Kier molecular flexibility index (Phi) is 10.8. The van der Waals surface area contributed by atoms with E-state index in [0.717, 1.165) is 5.56 Å². The second kappa shape index (κ2) is 13.0. The molecular weight excluding hydrogens is 424 g/mol. The van der Waals surface area contributed by atoms with Crippen molar-refractivity contribution in [2.45, 2.75) is 50.4 Å². The molecule has 0 saturated carbocycles. The molecule has 12 nitrogen and oxygen atoms in total. The van der Waals surface area contributed by atoms with Crippen LogP contribution in [-0.4, -0.2) is 75.8 Å². The van der Waals surface area contributed by atoms with Crippen molar-refractivity contribution in [3.05, 3.63) is 35.9 Å². The van der Waals surface area contributed by atoms with E-state index in [-0.39, 0.29) is 12.8 Å². The van der Waals surface area contributed by atoms with E-state index in [4.69, 9.17) is 15.9 Å². The number of hydrogen-bond acceptors (Lipinski definition) is 7. The van der Waals surface area contributed by atoms with Crippen LogP contribution in [-0.2, 0) is 30.4 Å². The van der Waals surface area contributed by atoms with Crippen LogP contribution < -0.4 is 21.7 Å². The molecule has 0 spiro atoms. The summed E-state index contributed by atoms with van der Waals surface area (Å²) in [7, 11) is 0. The third-order valence-corrected chi connectivity index (χ3v) is 4.46. The maximum Gasteiger partial charge on any atom is 0.326 e. The van der Waals surface area contributed by atoms with Gasteiger partial charge in [-0.25, -0.2) is 4.79 Å². The molecule has 0 radical (unpaired) electrons. The lowest BCUT2D eigenvalue weighted by molar-refractivity contribution is -0.143. The fraction of sp³-hybridized carbons (Fsp3) is 0.450. The van der Waals surface area contributed by atoms with Gasteiger partial charge < -0.3 is 37.0 Å². The van der Waals surface area contributed by atoms with Gasteiger partial charge in [0.1, 0.15) is 18.1 Å². The van der Waals surface area contributed by atoms with Gasteiger partial charge in [0.05, 0.1) is 12.6 Å². The third-order valence-electron chi connectivity index (χ3n) is 4.46. The molecule has 0 aliphatic rings. The van der Waals surface area contributed by atoms with Gasteiger partial charge in [0.2, 0.25) is 17.7 Å². The number of carbonyl (C=O) groups excluding carboxylic acids is 3. The van der Waals surface area contributed by atoms with Crippen LogP contribution in [0.25, 0.3) is 0 Å². The van der Waals surface area contributed by atoms with E-state index in [9.17, 15) is 29.1 Å². The second-order valence-electron chi connectivity index (χ2n) is 7.10. The van der Waals surface area contributed by atoms with Gasteiger partial charge in [-0.3, -0.25) is 19.2 Å². The number of amides is 3. The van der Waals surface area contributed by atoms with Crippen molar-refractivity contribution in [2.75, 3.05) is 6.61 Å². The SMILES string of the molecule is CC(NC(=O)C(N)Cc1ccccc1)C(=O)NC(CO)C(=O)NC(CCC(=O)O)C(=O)O. The molecule has 0 fully saturated rings. The zero-order valence-electron chi connectivity index (χ0n) is 17.5. The first-order valence-corrected chi connectivity index (χ1v) is 9.81. The molecule has 12 heteroatoms. The summed E-state index contributed by atoms with van der Waals surface area (Å²) >= 11 is 0. The van der Waals surface area contributed by atoms with Gasteiger partial charge in [-0.05, 0) is 25.3 Å². The standard InChI is InChI=1S/C20H28N4O8/c1-11(22-18(29)13(21)9-12-5-3-2-4-6-12)17(28)24-15(10-25)19(30)23-14(20(31)32)7-8-16(26)27/h2-6,11,13-15,25H,7-10,21H2,1H3,(H,22,29)(H,23,30)(H,24,28)(H,26,27)(H,31,32). The van der Waals surface area contributed by atoms with Crippen LogP contribution in [0.5, 0.6) is 0 Å². The Morgan fingerprint density at radius 1 is 0.906 bits per heavy atom. The fourth-order valence-corrected chi connectivity index (χ4v) is 2.64. The van der Waals surface area contributed by atoms with Crippen molar-refractivity contribution in [1.82, 2.24) is 16.0 Å². The minimum atomic E-state index is -1.52. The van der Waals surface area contributed by atoms with E-state index in [0.29, 0.717) is 0 Å². The van der Waals surface area contributed by atoms with Crippen LogP contribution in [0.3, 0.4) is 0 Å². The van der Waals surface area contributed by atoms with Gasteiger partial charge in [-0.2, -0.15) is 0 Å². The predicted octanol–water partition coefficient (Wildman–Crippen LogP) is -2.03. The van der Waals surface area contributed by atoms with Gasteiger partial charge in [0, 0.05) is 6.42 Å².